The highest BCUT2D eigenvalue weighted by Gasteiger charge is 2.51. The zero-order valence-electron chi connectivity index (χ0n) is 13.5. The van der Waals surface area contributed by atoms with Gasteiger partial charge in [-0.15, -0.1) is 0 Å². The Bertz CT molecular complexity index is 695. The normalized spacial score (nSPS) is 30.6. The van der Waals surface area contributed by atoms with Gasteiger partial charge in [0.2, 0.25) is 0 Å². The molecule has 0 heteroatoms. The molecule has 112 valence electrons. The summed E-state index contributed by atoms with van der Waals surface area (Å²) in [5, 5.41) is 0. The molecule has 2 aromatic rings. The van der Waals surface area contributed by atoms with E-state index >= 15 is 0 Å². The van der Waals surface area contributed by atoms with Crippen LogP contribution in [-0.4, -0.2) is 0 Å². The van der Waals surface area contributed by atoms with Crippen molar-refractivity contribution in [3.63, 3.8) is 0 Å². The molecule has 1 fully saturated rings. The maximum Gasteiger partial charge on any atom is 0.0171 e. The van der Waals surface area contributed by atoms with E-state index in [9.17, 15) is 0 Å². The lowest BCUT2D eigenvalue weighted by molar-refractivity contribution is 0.336. The smallest absolute Gasteiger partial charge is 0.0171 e. The summed E-state index contributed by atoms with van der Waals surface area (Å²) in [4.78, 5) is 0. The van der Waals surface area contributed by atoms with Gasteiger partial charge in [0.25, 0.3) is 0 Å². The Kier molecular flexibility index (Phi) is 3.22. The molecule has 0 heterocycles. The predicted molar refractivity (Wildman–Crippen MR) is 93.7 cm³/mol. The molecule has 0 amide bonds. The Morgan fingerprint density at radius 2 is 1.50 bits per heavy atom. The van der Waals surface area contributed by atoms with Gasteiger partial charge in [-0.1, -0.05) is 79.6 Å². The van der Waals surface area contributed by atoms with Gasteiger partial charge in [0.1, 0.15) is 0 Å². The standard InChI is InChI=1S/C22H24/c1-16-21(17-10-5-3-6-11-17)19-14-9-15-20(19)22(16,2)18-12-7-4-8-13-18/h3-8,10-13,19-20H,9,14-15H2,1-2H3/t19-,20+,22-/m0/s1. The van der Waals surface area contributed by atoms with Crippen molar-refractivity contribution in [1.29, 1.82) is 0 Å². The summed E-state index contributed by atoms with van der Waals surface area (Å²) < 4.78 is 0. The van der Waals surface area contributed by atoms with E-state index in [-0.39, 0.29) is 5.41 Å². The number of fused-ring (bicyclic) bond motifs is 1. The second-order valence-corrected chi connectivity index (χ2v) is 7.12. The van der Waals surface area contributed by atoms with Crippen molar-refractivity contribution >= 4 is 5.57 Å². The summed E-state index contributed by atoms with van der Waals surface area (Å²) in [6, 6.07) is 22.2. The van der Waals surface area contributed by atoms with Crippen molar-refractivity contribution in [2.24, 2.45) is 11.8 Å². The lowest BCUT2D eigenvalue weighted by atomic mass is 9.69. The third kappa shape index (κ3) is 1.83. The molecule has 1 saturated carbocycles. The first-order valence-corrected chi connectivity index (χ1v) is 8.55. The average molecular weight is 288 g/mol. The van der Waals surface area contributed by atoms with Crippen molar-refractivity contribution in [1.82, 2.24) is 0 Å². The lowest BCUT2D eigenvalue weighted by Gasteiger charge is -2.34. The van der Waals surface area contributed by atoms with Crippen LogP contribution in [0.4, 0.5) is 0 Å². The average Bonchev–Trinajstić information content (AvgIpc) is 3.12. The molecule has 2 aliphatic rings. The van der Waals surface area contributed by atoms with E-state index in [0.717, 1.165) is 11.8 Å². The molecule has 0 N–H and O–H groups in total. The fraction of sp³-hybridized carbons (Fsp3) is 0.364. The second kappa shape index (κ2) is 5.12. The molecule has 0 saturated heterocycles. The first kappa shape index (κ1) is 13.8. The summed E-state index contributed by atoms with van der Waals surface area (Å²) in [6.45, 7) is 4.87. The van der Waals surface area contributed by atoms with E-state index in [1.807, 2.05) is 0 Å². The summed E-state index contributed by atoms with van der Waals surface area (Å²) in [7, 11) is 0. The van der Waals surface area contributed by atoms with Crippen LogP contribution in [0.2, 0.25) is 0 Å². The van der Waals surface area contributed by atoms with Crippen molar-refractivity contribution in [3.8, 4) is 0 Å². The van der Waals surface area contributed by atoms with Gasteiger partial charge in [-0.25, -0.2) is 0 Å². The quantitative estimate of drug-likeness (QED) is 0.650. The molecule has 22 heavy (non-hydrogen) atoms. The molecule has 2 aliphatic carbocycles. The van der Waals surface area contributed by atoms with Crippen LogP contribution >= 0.6 is 0 Å². The van der Waals surface area contributed by atoms with E-state index in [1.54, 1.807) is 11.1 Å². The van der Waals surface area contributed by atoms with Gasteiger partial charge in [0, 0.05) is 5.41 Å². The molecule has 0 aliphatic heterocycles. The fourth-order valence-electron chi connectivity index (χ4n) is 5.10. The molecule has 0 unspecified atom stereocenters. The highest BCUT2D eigenvalue weighted by atomic mass is 14.5. The highest BCUT2D eigenvalue weighted by Crippen LogP contribution is 2.60. The highest BCUT2D eigenvalue weighted by molar-refractivity contribution is 5.76. The molecule has 0 bridgehead atoms. The lowest BCUT2D eigenvalue weighted by Crippen LogP contribution is -2.30. The van der Waals surface area contributed by atoms with Crippen molar-refractivity contribution in [2.45, 2.75) is 38.5 Å². The van der Waals surface area contributed by atoms with Crippen LogP contribution in [-0.2, 0) is 5.41 Å². The second-order valence-electron chi connectivity index (χ2n) is 7.12. The van der Waals surface area contributed by atoms with Gasteiger partial charge in [0.15, 0.2) is 0 Å². The molecule has 0 spiro atoms. The Morgan fingerprint density at radius 1 is 0.864 bits per heavy atom. The third-order valence-electron chi connectivity index (χ3n) is 6.27. The van der Waals surface area contributed by atoms with E-state index in [1.165, 1.54) is 30.4 Å². The SMILES string of the molecule is CC1=C(c2ccccc2)[C@H]2CCC[C@H]2[C@]1(C)c1ccccc1. The Hall–Kier alpha value is -1.82. The monoisotopic (exact) mass is 288 g/mol. The first-order valence-electron chi connectivity index (χ1n) is 8.55. The number of benzene rings is 2. The van der Waals surface area contributed by atoms with Gasteiger partial charge in [0.05, 0.1) is 0 Å². The van der Waals surface area contributed by atoms with Crippen molar-refractivity contribution in [2.75, 3.05) is 0 Å². The van der Waals surface area contributed by atoms with Crippen LogP contribution in [0, 0.1) is 11.8 Å². The summed E-state index contributed by atoms with van der Waals surface area (Å²) in [6.07, 6.45) is 4.10. The minimum Gasteiger partial charge on any atom is -0.0622 e. The van der Waals surface area contributed by atoms with Crippen LogP contribution < -0.4 is 0 Å². The van der Waals surface area contributed by atoms with Gasteiger partial charge in [-0.3, -0.25) is 0 Å². The maximum absolute atomic E-state index is 2.48. The molecule has 0 nitrogen and oxygen atoms in total. The number of rotatable bonds is 2. The van der Waals surface area contributed by atoms with Crippen LogP contribution in [0.5, 0.6) is 0 Å². The minimum absolute atomic E-state index is 0.202. The number of hydrogen-bond donors (Lipinski definition) is 0. The molecular formula is C22H24. The van der Waals surface area contributed by atoms with Gasteiger partial charge < -0.3 is 0 Å². The fourth-order valence-corrected chi connectivity index (χ4v) is 5.10. The first-order chi connectivity index (χ1) is 10.7. The van der Waals surface area contributed by atoms with Gasteiger partial charge >= 0.3 is 0 Å². The van der Waals surface area contributed by atoms with Gasteiger partial charge in [-0.2, -0.15) is 0 Å². The Balaban J connectivity index is 1.91. The van der Waals surface area contributed by atoms with Crippen molar-refractivity contribution < 1.29 is 0 Å². The maximum atomic E-state index is 2.48. The Morgan fingerprint density at radius 3 is 2.18 bits per heavy atom. The van der Waals surface area contributed by atoms with Crippen molar-refractivity contribution in [3.05, 3.63) is 77.4 Å². The molecule has 0 radical (unpaired) electrons. The minimum atomic E-state index is 0.202. The van der Waals surface area contributed by atoms with E-state index < -0.39 is 0 Å². The molecule has 3 atom stereocenters. The topological polar surface area (TPSA) is 0 Å². The zero-order chi connectivity index (χ0) is 15.2. The molecular weight excluding hydrogens is 264 g/mol. The summed E-state index contributed by atoms with van der Waals surface area (Å²) in [5.74, 6) is 1.51. The third-order valence-corrected chi connectivity index (χ3v) is 6.27. The molecule has 4 rings (SSSR count). The summed E-state index contributed by atoms with van der Waals surface area (Å²) in [5.41, 5.74) is 6.37. The predicted octanol–water partition coefficient (Wildman–Crippen LogP) is 5.85. The molecule has 2 aromatic carbocycles. The van der Waals surface area contributed by atoms with E-state index in [4.69, 9.17) is 0 Å². The zero-order valence-corrected chi connectivity index (χ0v) is 13.5. The van der Waals surface area contributed by atoms with Crippen LogP contribution in [0.25, 0.3) is 5.57 Å². The van der Waals surface area contributed by atoms with Crippen LogP contribution in [0.3, 0.4) is 0 Å². The van der Waals surface area contributed by atoms with E-state index in [2.05, 4.69) is 74.5 Å². The Labute approximate surface area is 133 Å². The largest absolute Gasteiger partial charge is 0.0622 e. The van der Waals surface area contributed by atoms with E-state index in [0.29, 0.717) is 0 Å². The van der Waals surface area contributed by atoms with Crippen LogP contribution in [0.1, 0.15) is 44.2 Å². The summed E-state index contributed by atoms with van der Waals surface area (Å²) >= 11 is 0. The number of hydrogen-bond acceptors (Lipinski definition) is 0. The number of allylic oxidation sites excluding steroid dienone is 2. The van der Waals surface area contributed by atoms with Gasteiger partial charge in [-0.05, 0) is 48.3 Å². The van der Waals surface area contributed by atoms with Crippen LogP contribution in [0.15, 0.2) is 66.2 Å². The molecule has 0 aromatic heterocycles.